The first kappa shape index (κ1) is 12.3. The molecule has 1 aromatic rings. The summed E-state index contributed by atoms with van der Waals surface area (Å²) in [7, 11) is -2.65. The normalized spacial score (nSPS) is 10.9. The predicted molar refractivity (Wildman–Crippen MR) is 58.3 cm³/mol. The van der Waals surface area contributed by atoms with Crippen molar-refractivity contribution in [1.82, 2.24) is 4.98 Å². The monoisotopic (exact) mass is 293 g/mol. The van der Waals surface area contributed by atoms with E-state index in [0.717, 1.165) is 0 Å². The maximum atomic E-state index is 10.5. The topological polar surface area (TPSA) is 47.0 Å². The van der Waals surface area contributed by atoms with Gasteiger partial charge in [0.2, 0.25) is 0 Å². The molecular formula is C6H3Cl4NO2S. The van der Waals surface area contributed by atoms with Gasteiger partial charge < -0.3 is 0 Å². The number of pyridine rings is 1. The Hall–Kier alpha value is 0.260. The zero-order valence-corrected chi connectivity index (χ0v) is 10.3. The van der Waals surface area contributed by atoms with Gasteiger partial charge in [0.05, 0.1) is 15.8 Å². The van der Waals surface area contributed by atoms with E-state index in [1.807, 2.05) is 0 Å². The number of hydrogen-bond donors (Lipinski definition) is 1. The standard InChI is InChI=1S/C6H3Cl4NO2S/c7-3-2(1-14(12)13)4(8)6(10)11-5(3)9/h14H,1H2. The minimum Gasteiger partial charge on any atom is -0.232 e. The van der Waals surface area contributed by atoms with Gasteiger partial charge in [0, 0.05) is 5.56 Å². The van der Waals surface area contributed by atoms with E-state index >= 15 is 0 Å². The summed E-state index contributed by atoms with van der Waals surface area (Å²) in [6.07, 6.45) is 0. The summed E-state index contributed by atoms with van der Waals surface area (Å²) in [5.41, 5.74) is 0.175. The Labute approximate surface area is 102 Å². The molecule has 0 atom stereocenters. The van der Waals surface area contributed by atoms with Crippen LogP contribution in [0.4, 0.5) is 0 Å². The molecule has 0 aliphatic carbocycles. The summed E-state index contributed by atoms with van der Waals surface area (Å²) in [5, 5.41) is -0.0960. The summed E-state index contributed by atoms with van der Waals surface area (Å²) in [4.78, 5) is 3.61. The van der Waals surface area contributed by atoms with Crippen LogP contribution >= 0.6 is 46.4 Å². The van der Waals surface area contributed by atoms with Crippen molar-refractivity contribution in [3.8, 4) is 0 Å². The Morgan fingerprint density at radius 3 is 1.79 bits per heavy atom. The fourth-order valence-electron chi connectivity index (χ4n) is 0.798. The van der Waals surface area contributed by atoms with Gasteiger partial charge in [0.25, 0.3) is 0 Å². The lowest BCUT2D eigenvalue weighted by Crippen LogP contribution is -1.94. The molecule has 3 nitrogen and oxygen atoms in total. The number of aromatic nitrogens is 1. The van der Waals surface area contributed by atoms with E-state index in [2.05, 4.69) is 4.98 Å². The number of rotatable bonds is 2. The lowest BCUT2D eigenvalue weighted by Gasteiger charge is -2.05. The van der Waals surface area contributed by atoms with Crippen LogP contribution in [0.15, 0.2) is 0 Å². The van der Waals surface area contributed by atoms with E-state index in [9.17, 15) is 8.42 Å². The van der Waals surface area contributed by atoms with E-state index in [4.69, 9.17) is 46.4 Å². The van der Waals surface area contributed by atoms with Gasteiger partial charge in [0.15, 0.2) is 0 Å². The van der Waals surface area contributed by atoms with Crippen LogP contribution < -0.4 is 0 Å². The molecule has 0 N–H and O–H groups in total. The second kappa shape index (κ2) is 4.86. The van der Waals surface area contributed by atoms with Gasteiger partial charge in [0.1, 0.15) is 21.0 Å². The number of hydrogen-bond acceptors (Lipinski definition) is 3. The van der Waals surface area contributed by atoms with Gasteiger partial charge in [-0.3, -0.25) is 0 Å². The van der Waals surface area contributed by atoms with Crippen LogP contribution in [0.25, 0.3) is 0 Å². The molecule has 0 aliphatic rings. The molecule has 14 heavy (non-hydrogen) atoms. The van der Waals surface area contributed by atoms with Crippen LogP contribution in [0.2, 0.25) is 20.4 Å². The van der Waals surface area contributed by atoms with E-state index in [-0.39, 0.29) is 31.7 Å². The first-order valence-corrected chi connectivity index (χ1v) is 6.11. The number of thiol groups is 1. The summed E-state index contributed by atoms with van der Waals surface area (Å²) in [6.45, 7) is 0. The molecule has 0 aromatic carbocycles. The SMILES string of the molecule is O=[SH](=O)Cc1c(Cl)c(Cl)nc(Cl)c1Cl. The van der Waals surface area contributed by atoms with Crippen LogP contribution in [0.1, 0.15) is 5.56 Å². The summed E-state index contributed by atoms with van der Waals surface area (Å²) < 4.78 is 21.0. The van der Waals surface area contributed by atoms with Gasteiger partial charge >= 0.3 is 0 Å². The van der Waals surface area contributed by atoms with Crippen LogP contribution in [0.3, 0.4) is 0 Å². The van der Waals surface area contributed by atoms with E-state index in [1.54, 1.807) is 0 Å². The lowest BCUT2D eigenvalue weighted by atomic mass is 10.3. The minimum atomic E-state index is -2.65. The highest BCUT2D eigenvalue weighted by atomic mass is 35.5. The Kier molecular flexibility index (Phi) is 4.28. The van der Waals surface area contributed by atoms with Crippen molar-refractivity contribution < 1.29 is 8.42 Å². The Morgan fingerprint density at radius 1 is 1.00 bits per heavy atom. The number of nitrogens with zero attached hydrogens (tertiary/aromatic N) is 1. The molecule has 0 saturated heterocycles. The number of halogens is 4. The molecule has 0 spiro atoms. The molecule has 0 bridgehead atoms. The Balaban J connectivity index is 3.38. The predicted octanol–water partition coefficient (Wildman–Crippen LogP) is 2.81. The maximum Gasteiger partial charge on any atom is 0.149 e. The quantitative estimate of drug-likeness (QED) is 0.674. The third kappa shape index (κ3) is 2.64. The Bertz CT molecular complexity index is 412. The molecule has 0 radical (unpaired) electrons. The average Bonchev–Trinajstić information content (AvgIpc) is 2.09. The van der Waals surface area contributed by atoms with Gasteiger partial charge in [-0.1, -0.05) is 46.4 Å². The average molecular weight is 295 g/mol. The van der Waals surface area contributed by atoms with Crippen LogP contribution in [-0.4, -0.2) is 13.4 Å². The smallest absolute Gasteiger partial charge is 0.149 e. The van der Waals surface area contributed by atoms with Crippen molar-refractivity contribution in [2.75, 3.05) is 0 Å². The fraction of sp³-hybridized carbons (Fsp3) is 0.167. The second-order valence-electron chi connectivity index (χ2n) is 2.29. The zero-order chi connectivity index (χ0) is 10.9. The van der Waals surface area contributed by atoms with Gasteiger partial charge in [-0.2, -0.15) is 0 Å². The van der Waals surface area contributed by atoms with Crippen molar-refractivity contribution in [3.63, 3.8) is 0 Å². The molecule has 78 valence electrons. The molecule has 0 aliphatic heterocycles. The molecule has 1 heterocycles. The van der Waals surface area contributed by atoms with Crippen molar-refractivity contribution in [2.45, 2.75) is 5.75 Å². The lowest BCUT2D eigenvalue weighted by molar-refractivity contribution is 0.614. The summed E-state index contributed by atoms with van der Waals surface area (Å²) in [5.74, 6) is -0.311. The van der Waals surface area contributed by atoms with Crippen LogP contribution in [-0.2, 0) is 16.5 Å². The highest BCUT2D eigenvalue weighted by Gasteiger charge is 2.15. The van der Waals surface area contributed by atoms with Crippen molar-refractivity contribution in [1.29, 1.82) is 0 Å². The van der Waals surface area contributed by atoms with Gasteiger partial charge in [-0.05, 0) is 0 Å². The molecule has 0 saturated carbocycles. The molecular weight excluding hydrogens is 292 g/mol. The molecule has 0 unspecified atom stereocenters. The van der Waals surface area contributed by atoms with Crippen molar-refractivity contribution in [3.05, 3.63) is 25.9 Å². The minimum absolute atomic E-state index is 0.0141. The van der Waals surface area contributed by atoms with Crippen LogP contribution in [0, 0.1) is 0 Å². The van der Waals surface area contributed by atoms with E-state index < -0.39 is 10.7 Å². The highest BCUT2D eigenvalue weighted by molar-refractivity contribution is 7.71. The fourth-order valence-corrected chi connectivity index (χ4v) is 2.45. The molecule has 0 amide bonds. The summed E-state index contributed by atoms with van der Waals surface area (Å²) >= 11 is 22.6. The van der Waals surface area contributed by atoms with Crippen LogP contribution in [0.5, 0.6) is 0 Å². The molecule has 0 fully saturated rings. The van der Waals surface area contributed by atoms with Gasteiger partial charge in [-0.25, -0.2) is 13.4 Å². The van der Waals surface area contributed by atoms with E-state index in [0.29, 0.717) is 0 Å². The molecule has 1 rings (SSSR count). The third-order valence-corrected chi connectivity index (χ3v) is 3.50. The highest BCUT2D eigenvalue weighted by Crippen LogP contribution is 2.34. The Morgan fingerprint density at radius 2 is 1.43 bits per heavy atom. The molecule has 8 heteroatoms. The first-order valence-electron chi connectivity index (χ1n) is 3.24. The zero-order valence-electron chi connectivity index (χ0n) is 6.43. The molecule has 1 aromatic heterocycles. The maximum absolute atomic E-state index is 10.5. The first-order chi connectivity index (χ1) is 6.43. The second-order valence-corrected chi connectivity index (χ2v) is 4.74. The van der Waals surface area contributed by atoms with Crippen molar-refractivity contribution >= 4 is 57.1 Å². The summed E-state index contributed by atoms with van der Waals surface area (Å²) in [6, 6.07) is 0. The third-order valence-electron chi connectivity index (χ3n) is 1.38. The largest absolute Gasteiger partial charge is 0.232 e. The van der Waals surface area contributed by atoms with Crippen molar-refractivity contribution in [2.24, 2.45) is 0 Å². The van der Waals surface area contributed by atoms with E-state index in [1.165, 1.54) is 0 Å². The van der Waals surface area contributed by atoms with Gasteiger partial charge in [-0.15, -0.1) is 0 Å².